The zero-order chi connectivity index (χ0) is 18.6. The second-order valence-electron chi connectivity index (χ2n) is 7.88. The largest absolute Gasteiger partial charge is 0.356 e. The van der Waals surface area contributed by atoms with Crippen LogP contribution in [0.15, 0.2) is 29.3 Å². The van der Waals surface area contributed by atoms with Crippen molar-refractivity contribution < 1.29 is 8.42 Å². The summed E-state index contributed by atoms with van der Waals surface area (Å²) < 4.78 is 23.4. The summed E-state index contributed by atoms with van der Waals surface area (Å²) >= 11 is 0. The molecule has 1 aliphatic heterocycles. The monoisotopic (exact) mass is 377 g/mol. The summed E-state index contributed by atoms with van der Waals surface area (Å²) in [5.41, 5.74) is 2.83. The van der Waals surface area contributed by atoms with Crippen LogP contribution in [0.25, 0.3) is 0 Å². The minimum absolute atomic E-state index is 0.0347. The Labute approximate surface area is 157 Å². The number of rotatable bonds is 4. The lowest BCUT2D eigenvalue weighted by molar-refractivity contribution is 0.291. The van der Waals surface area contributed by atoms with Crippen LogP contribution in [0.3, 0.4) is 0 Å². The normalized spacial score (nSPS) is 25.0. The van der Waals surface area contributed by atoms with Gasteiger partial charge in [0.1, 0.15) is 0 Å². The summed E-state index contributed by atoms with van der Waals surface area (Å²) in [5.74, 6) is 1.19. The first-order valence-corrected chi connectivity index (χ1v) is 11.5. The first kappa shape index (κ1) is 19.2. The van der Waals surface area contributed by atoms with Crippen molar-refractivity contribution in [1.82, 2.24) is 10.6 Å². The van der Waals surface area contributed by atoms with E-state index in [0.717, 1.165) is 6.54 Å². The number of aliphatic imine (C=N–C) groups is 1. The van der Waals surface area contributed by atoms with Crippen LogP contribution < -0.4 is 10.6 Å². The van der Waals surface area contributed by atoms with Crippen molar-refractivity contribution in [2.45, 2.75) is 56.9 Å². The molecule has 1 saturated heterocycles. The highest BCUT2D eigenvalue weighted by Crippen LogP contribution is 2.39. The topological polar surface area (TPSA) is 70.6 Å². The van der Waals surface area contributed by atoms with Crippen molar-refractivity contribution in [1.29, 1.82) is 0 Å². The van der Waals surface area contributed by atoms with Gasteiger partial charge in [-0.2, -0.15) is 0 Å². The van der Waals surface area contributed by atoms with Gasteiger partial charge < -0.3 is 10.6 Å². The second-order valence-corrected chi connectivity index (χ2v) is 10.1. The highest BCUT2D eigenvalue weighted by atomic mass is 32.2. The van der Waals surface area contributed by atoms with E-state index < -0.39 is 9.84 Å². The van der Waals surface area contributed by atoms with Gasteiger partial charge in [0.25, 0.3) is 0 Å². The van der Waals surface area contributed by atoms with Gasteiger partial charge in [-0.3, -0.25) is 4.99 Å². The third-order valence-corrected chi connectivity index (χ3v) is 7.60. The quantitative estimate of drug-likeness (QED) is 0.625. The lowest BCUT2D eigenvalue weighted by Crippen LogP contribution is -2.49. The van der Waals surface area contributed by atoms with Crippen LogP contribution in [0.2, 0.25) is 0 Å². The van der Waals surface area contributed by atoms with E-state index in [1.165, 1.54) is 43.2 Å². The number of guanidine groups is 1. The number of sulfone groups is 1. The molecule has 2 N–H and O–H groups in total. The summed E-state index contributed by atoms with van der Waals surface area (Å²) in [5, 5.41) is 6.80. The smallest absolute Gasteiger partial charge is 0.191 e. The zero-order valence-electron chi connectivity index (χ0n) is 15.9. The standard InChI is InChI=1S/C20H31N3O2S/c1-16-7-6-8-17(13-16)20(10-4-3-5-11-20)15-22-19(21-2)23-18-9-12-26(24,25)14-18/h6-8,13,18H,3-5,9-12,14-15H2,1-2H3,(H2,21,22,23). The fraction of sp³-hybridized carbons (Fsp3) is 0.650. The number of hydrogen-bond donors (Lipinski definition) is 2. The molecule has 1 unspecified atom stereocenters. The molecule has 0 spiro atoms. The van der Waals surface area contributed by atoms with Crippen LogP contribution in [-0.2, 0) is 15.3 Å². The van der Waals surface area contributed by atoms with Gasteiger partial charge in [0.2, 0.25) is 0 Å². The number of hydrogen-bond acceptors (Lipinski definition) is 3. The molecule has 1 atom stereocenters. The Morgan fingerprint density at radius 2 is 2.04 bits per heavy atom. The van der Waals surface area contributed by atoms with E-state index in [4.69, 9.17) is 0 Å². The Morgan fingerprint density at radius 1 is 1.27 bits per heavy atom. The molecule has 0 radical (unpaired) electrons. The van der Waals surface area contributed by atoms with Crippen LogP contribution in [0.1, 0.15) is 49.7 Å². The van der Waals surface area contributed by atoms with Crippen LogP contribution in [-0.4, -0.2) is 45.5 Å². The number of nitrogens with zero attached hydrogens (tertiary/aromatic N) is 1. The van der Waals surface area contributed by atoms with Crippen molar-refractivity contribution in [2.75, 3.05) is 25.1 Å². The van der Waals surface area contributed by atoms with Gasteiger partial charge in [-0.15, -0.1) is 0 Å². The molecule has 3 rings (SSSR count). The highest BCUT2D eigenvalue weighted by molar-refractivity contribution is 7.91. The van der Waals surface area contributed by atoms with E-state index >= 15 is 0 Å². The average molecular weight is 378 g/mol. The van der Waals surface area contributed by atoms with Gasteiger partial charge >= 0.3 is 0 Å². The summed E-state index contributed by atoms with van der Waals surface area (Å²) in [4.78, 5) is 4.33. The molecule has 0 bridgehead atoms. The predicted molar refractivity (Wildman–Crippen MR) is 107 cm³/mol. The first-order chi connectivity index (χ1) is 12.4. The molecule has 2 aliphatic rings. The van der Waals surface area contributed by atoms with Crippen LogP contribution in [0.5, 0.6) is 0 Å². The van der Waals surface area contributed by atoms with Gasteiger partial charge in [0, 0.05) is 25.0 Å². The molecule has 2 fully saturated rings. The van der Waals surface area contributed by atoms with Crippen LogP contribution in [0, 0.1) is 6.92 Å². The molecule has 26 heavy (non-hydrogen) atoms. The number of aryl methyl sites for hydroxylation is 1. The lowest BCUT2D eigenvalue weighted by Gasteiger charge is -2.39. The van der Waals surface area contributed by atoms with Crippen LogP contribution >= 0.6 is 0 Å². The van der Waals surface area contributed by atoms with Crippen molar-refractivity contribution in [3.63, 3.8) is 0 Å². The molecule has 5 nitrogen and oxygen atoms in total. The average Bonchev–Trinajstić information content (AvgIpc) is 2.98. The van der Waals surface area contributed by atoms with E-state index in [1.54, 1.807) is 7.05 Å². The van der Waals surface area contributed by atoms with Crippen molar-refractivity contribution in [3.8, 4) is 0 Å². The van der Waals surface area contributed by atoms with Crippen molar-refractivity contribution in [2.24, 2.45) is 4.99 Å². The van der Waals surface area contributed by atoms with E-state index in [-0.39, 0.29) is 23.0 Å². The third-order valence-electron chi connectivity index (χ3n) is 5.83. The molecule has 1 aliphatic carbocycles. The second kappa shape index (κ2) is 7.99. The van der Waals surface area contributed by atoms with Crippen molar-refractivity contribution in [3.05, 3.63) is 35.4 Å². The third kappa shape index (κ3) is 4.58. The Bertz CT molecular complexity index is 752. The summed E-state index contributed by atoms with van der Waals surface area (Å²) in [6.45, 7) is 2.98. The number of nitrogens with one attached hydrogen (secondary N) is 2. The fourth-order valence-corrected chi connectivity index (χ4v) is 5.99. The Kier molecular flexibility index (Phi) is 5.90. The minimum Gasteiger partial charge on any atom is -0.356 e. The van der Waals surface area contributed by atoms with Gasteiger partial charge in [-0.25, -0.2) is 8.42 Å². The predicted octanol–water partition coefficient (Wildman–Crippen LogP) is 2.55. The maximum Gasteiger partial charge on any atom is 0.191 e. The van der Waals surface area contributed by atoms with E-state index in [1.807, 2.05) is 0 Å². The SMILES string of the molecule is CN=C(NCC1(c2cccc(C)c2)CCCCC1)NC1CCS(=O)(=O)C1. The Hall–Kier alpha value is -1.56. The van der Waals surface area contributed by atoms with E-state index in [9.17, 15) is 8.42 Å². The molecule has 144 valence electrons. The number of benzene rings is 1. The Balaban J connectivity index is 1.69. The van der Waals surface area contributed by atoms with E-state index in [0.29, 0.717) is 12.4 Å². The van der Waals surface area contributed by atoms with Gasteiger partial charge in [-0.05, 0) is 31.7 Å². The molecular formula is C20H31N3O2S. The first-order valence-electron chi connectivity index (χ1n) is 9.67. The lowest BCUT2D eigenvalue weighted by atomic mass is 9.69. The maximum atomic E-state index is 11.7. The van der Waals surface area contributed by atoms with Crippen molar-refractivity contribution >= 4 is 15.8 Å². The summed E-state index contributed by atoms with van der Waals surface area (Å²) in [6, 6.07) is 8.82. The molecule has 6 heteroatoms. The maximum absolute atomic E-state index is 11.7. The van der Waals surface area contributed by atoms with E-state index in [2.05, 4.69) is 46.8 Å². The molecule has 0 aromatic heterocycles. The molecule has 1 heterocycles. The molecule has 1 saturated carbocycles. The summed E-state index contributed by atoms with van der Waals surface area (Å²) in [6.07, 6.45) is 6.83. The fourth-order valence-electron chi connectivity index (χ4n) is 4.32. The highest BCUT2D eigenvalue weighted by Gasteiger charge is 2.34. The molecular weight excluding hydrogens is 346 g/mol. The summed E-state index contributed by atoms with van der Waals surface area (Å²) in [7, 11) is -1.14. The minimum atomic E-state index is -2.89. The van der Waals surface area contributed by atoms with Gasteiger partial charge in [-0.1, -0.05) is 49.1 Å². The molecule has 1 aromatic rings. The van der Waals surface area contributed by atoms with Gasteiger partial charge in [0.15, 0.2) is 15.8 Å². The van der Waals surface area contributed by atoms with Crippen LogP contribution in [0.4, 0.5) is 0 Å². The molecule has 1 aromatic carbocycles. The Morgan fingerprint density at radius 3 is 2.65 bits per heavy atom. The van der Waals surface area contributed by atoms with Gasteiger partial charge in [0.05, 0.1) is 11.5 Å². The zero-order valence-corrected chi connectivity index (χ0v) is 16.7. The molecule has 0 amide bonds.